The van der Waals surface area contributed by atoms with Gasteiger partial charge in [-0.3, -0.25) is 4.90 Å². The number of hydrogen-bond donors (Lipinski definition) is 1. The normalized spacial score (nSPS) is 21.7. The van der Waals surface area contributed by atoms with Gasteiger partial charge in [0.25, 0.3) is 0 Å². The number of nitrogens with one attached hydrogen (secondary N) is 1. The molecule has 6 heteroatoms. The van der Waals surface area contributed by atoms with Crippen molar-refractivity contribution in [3.8, 4) is 0 Å². The molecule has 1 atom stereocenters. The standard InChI is InChI=1S/C11H16Cl2N4/c1-14-9-3-2-4-17(7-9)6-8-5-15-11(13)16-10(8)12/h5,9,14H,2-4,6-7H2,1H3. The summed E-state index contributed by atoms with van der Waals surface area (Å²) in [6.07, 6.45) is 4.15. The smallest absolute Gasteiger partial charge is 0.223 e. The van der Waals surface area contributed by atoms with Crippen LogP contribution in [0.3, 0.4) is 0 Å². The van der Waals surface area contributed by atoms with Crippen LogP contribution in [0.4, 0.5) is 0 Å². The molecule has 0 aromatic carbocycles. The quantitative estimate of drug-likeness (QED) is 0.676. The molecule has 1 unspecified atom stereocenters. The number of halogens is 2. The van der Waals surface area contributed by atoms with Gasteiger partial charge in [-0.05, 0) is 38.0 Å². The van der Waals surface area contributed by atoms with Crippen molar-refractivity contribution in [1.29, 1.82) is 0 Å². The molecule has 17 heavy (non-hydrogen) atoms. The lowest BCUT2D eigenvalue weighted by Crippen LogP contribution is -2.43. The number of likely N-dealkylation sites (tertiary alicyclic amines) is 1. The van der Waals surface area contributed by atoms with E-state index in [9.17, 15) is 0 Å². The molecule has 1 aromatic heterocycles. The van der Waals surface area contributed by atoms with Gasteiger partial charge in [0.15, 0.2) is 0 Å². The minimum absolute atomic E-state index is 0.200. The Morgan fingerprint density at radius 1 is 1.53 bits per heavy atom. The maximum Gasteiger partial charge on any atom is 0.223 e. The van der Waals surface area contributed by atoms with Gasteiger partial charge in [0.05, 0.1) is 0 Å². The van der Waals surface area contributed by atoms with E-state index in [0.29, 0.717) is 11.2 Å². The maximum atomic E-state index is 6.04. The molecule has 1 saturated heterocycles. The van der Waals surface area contributed by atoms with Crippen LogP contribution in [0.2, 0.25) is 10.4 Å². The van der Waals surface area contributed by atoms with Crippen molar-refractivity contribution in [2.75, 3.05) is 20.1 Å². The van der Waals surface area contributed by atoms with E-state index in [0.717, 1.165) is 25.2 Å². The van der Waals surface area contributed by atoms with E-state index in [1.807, 2.05) is 7.05 Å². The van der Waals surface area contributed by atoms with E-state index in [4.69, 9.17) is 23.2 Å². The van der Waals surface area contributed by atoms with E-state index >= 15 is 0 Å². The predicted octanol–water partition coefficient (Wildman–Crippen LogP) is 1.97. The van der Waals surface area contributed by atoms with E-state index in [2.05, 4.69) is 20.2 Å². The Bertz CT molecular complexity index is 386. The lowest BCUT2D eigenvalue weighted by Gasteiger charge is -2.32. The van der Waals surface area contributed by atoms with Crippen LogP contribution < -0.4 is 5.32 Å². The lowest BCUT2D eigenvalue weighted by molar-refractivity contribution is 0.187. The van der Waals surface area contributed by atoms with Gasteiger partial charge in [-0.25, -0.2) is 9.97 Å². The summed E-state index contributed by atoms with van der Waals surface area (Å²) in [4.78, 5) is 10.3. The maximum absolute atomic E-state index is 6.04. The second kappa shape index (κ2) is 5.96. The zero-order valence-corrected chi connectivity index (χ0v) is 11.3. The zero-order chi connectivity index (χ0) is 12.3. The van der Waals surface area contributed by atoms with Crippen LogP contribution in [0.25, 0.3) is 0 Å². The second-order valence-corrected chi connectivity index (χ2v) is 5.01. The highest BCUT2D eigenvalue weighted by Gasteiger charge is 2.19. The Kier molecular flexibility index (Phi) is 4.56. The molecule has 94 valence electrons. The molecule has 2 heterocycles. The summed E-state index contributed by atoms with van der Waals surface area (Å²) >= 11 is 11.7. The first-order valence-corrected chi connectivity index (χ1v) is 6.51. The summed E-state index contributed by atoms with van der Waals surface area (Å²) in [6.45, 7) is 2.92. The molecule has 0 radical (unpaired) electrons. The highest BCUT2D eigenvalue weighted by atomic mass is 35.5. The number of aromatic nitrogens is 2. The molecule has 0 bridgehead atoms. The highest BCUT2D eigenvalue weighted by Crippen LogP contribution is 2.18. The third-order valence-corrected chi connectivity index (χ3v) is 3.60. The summed E-state index contributed by atoms with van der Waals surface area (Å²) in [7, 11) is 2.01. The van der Waals surface area contributed by atoms with Crippen molar-refractivity contribution in [2.24, 2.45) is 0 Å². The molecule has 4 nitrogen and oxygen atoms in total. The Morgan fingerprint density at radius 3 is 3.06 bits per heavy atom. The van der Waals surface area contributed by atoms with Crippen molar-refractivity contribution in [3.63, 3.8) is 0 Å². The Balaban J connectivity index is 2.00. The largest absolute Gasteiger partial charge is 0.316 e. The number of piperidine rings is 1. The number of nitrogens with zero attached hydrogens (tertiary/aromatic N) is 3. The third-order valence-electron chi connectivity index (χ3n) is 3.09. The fourth-order valence-electron chi connectivity index (χ4n) is 2.15. The number of rotatable bonds is 3. The first kappa shape index (κ1) is 13.0. The van der Waals surface area contributed by atoms with Crippen molar-refractivity contribution >= 4 is 23.2 Å². The predicted molar refractivity (Wildman–Crippen MR) is 69.4 cm³/mol. The average molecular weight is 275 g/mol. The lowest BCUT2D eigenvalue weighted by atomic mass is 10.1. The molecule has 0 amide bonds. The van der Waals surface area contributed by atoms with Crippen molar-refractivity contribution < 1.29 is 0 Å². The van der Waals surface area contributed by atoms with Crippen molar-refractivity contribution in [2.45, 2.75) is 25.4 Å². The van der Waals surface area contributed by atoms with Gasteiger partial charge in [-0.1, -0.05) is 11.6 Å². The van der Waals surface area contributed by atoms with Gasteiger partial charge in [-0.2, -0.15) is 0 Å². The molecule has 0 spiro atoms. The molecule has 1 aromatic rings. The Morgan fingerprint density at radius 2 is 2.35 bits per heavy atom. The Labute approximate surface area is 111 Å². The minimum Gasteiger partial charge on any atom is -0.316 e. The Hall–Kier alpha value is -0.420. The zero-order valence-electron chi connectivity index (χ0n) is 9.79. The second-order valence-electron chi connectivity index (χ2n) is 4.32. The summed E-state index contributed by atoms with van der Waals surface area (Å²) in [5.41, 5.74) is 0.938. The first-order chi connectivity index (χ1) is 8.19. The van der Waals surface area contributed by atoms with Gasteiger partial charge < -0.3 is 5.32 Å². The topological polar surface area (TPSA) is 41.0 Å². The van der Waals surface area contributed by atoms with Crippen molar-refractivity contribution in [3.05, 3.63) is 22.2 Å². The molecule has 0 saturated carbocycles. The summed E-state index contributed by atoms with van der Waals surface area (Å²) in [6, 6.07) is 0.566. The van der Waals surface area contributed by atoms with Gasteiger partial charge >= 0.3 is 0 Å². The third kappa shape index (κ3) is 3.52. The van der Waals surface area contributed by atoms with Crippen LogP contribution in [-0.4, -0.2) is 41.0 Å². The fraction of sp³-hybridized carbons (Fsp3) is 0.636. The monoisotopic (exact) mass is 274 g/mol. The highest BCUT2D eigenvalue weighted by molar-refractivity contribution is 6.32. The van der Waals surface area contributed by atoms with Crippen LogP contribution in [0.5, 0.6) is 0 Å². The summed E-state index contributed by atoms with van der Waals surface area (Å²) < 4.78 is 0. The minimum atomic E-state index is 0.200. The van der Waals surface area contributed by atoms with Crippen LogP contribution in [0.15, 0.2) is 6.20 Å². The van der Waals surface area contributed by atoms with E-state index in [1.54, 1.807) is 6.20 Å². The molecule has 2 rings (SSSR count). The molecule has 1 aliphatic heterocycles. The first-order valence-electron chi connectivity index (χ1n) is 5.75. The number of hydrogen-bond acceptors (Lipinski definition) is 4. The van der Waals surface area contributed by atoms with Crippen LogP contribution in [0.1, 0.15) is 18.4 Å². The summed E-state index contributed by atoms with van der Waals surface area (Å²) in [5.74, 6) is 0. The van der Waals surface area contributed by atoms with E-state index < -0.39 is 0 Å². The van der Waals surface area contributed by atoms with Crippen LogP contribution >= 0.6 is 23.2 Å². The van der Waals surface area contributed by atoms with Crippen molar-refractivity contribution in [1.82, 2.24) is 20.2 Å². The van der Waals surface area contributed by atoms with Crippen LogP contribution in [-0.2, 0) is 6.54 Å². The van der Waals surface area contributed by atoms with Gasteiger partial charge in [0.1, 0.15) is 5.15 Å². The SMILES string of the molecule is CNC1CCCN(Cc2cnc(Cl)nc2Cl)C1. The number of likely N-dealkylation sites (N-methyl/N-ethyl adjacent to an activating group) is 1. The molecular formula is C11H16Cl2N4. The van der Waals surface area contributed by atoms with Gasteiger partial charge in [0.2, 0.25) is 5.28 Å². The average Bonchev–Trinajstić information content (AvgIpc) is 2.33. The summed E-state index contributed by atoms with van der Waals surface area (Å²) in [5, 5.41) is 3.97. The van der Waals surface area contributed by atoms with Crippen LogP contribution in [0, 0.1) is 0 Å². The molecule has 1 N–H and O–H groups in total. The fourth-order valence-corrected chi connectivity index (χ4v) is 2.51. The van der Waals surface area contributed by atoms with E-state index in [1.165, 1.54) is 12.8 Å². The molecular weight excluding hydrogens is 259 g/mol. The molecule has 1 fully saturated rings. The van der Waals surface area contributed by atoms with Gasteiger partial charge in [-0.15, -0.1) is 0 Å². The van der Waals surface area contributed by atoms with E-state index in [-0.39, 0.29) is 5.28 Å². The molecule has 0 aliphatic carbocycles. The molecule has 1 aliphatic rings. The van der Waals surface area contributed by atoms with Gasteiger partial charge in [0, 0.05) is 30.9 Å².